The minimum Gasteiger partial charge on any atom is -0.497 e. The van der Waals surface area contributed by atoms with Crippen LogP contribution in [0.2, 0.25) is 0 Å². The van der Waals surface area contributed by atoms with Crippen molar-refractivity contribution in [3.8, 4) is 11.5 Å². The van der Waals surface area contributed by atoms with Gasteiger partial charge in [0.1, 0.15) is 11.5 Å². The Morgan fingerprint density at radius 3 is 2.41 bits per heavy atom. The number of benzene rings is 1. The maximum atomic E-state index is 11.7. The third kappa shape index (κ3) is 2.95. The van der Waals surface area contributed by atoms with E-state index in [9.17, 15) is 4.79 Å². The zero-order chi connectivity index (χ0) is 12.8. The lowest BCUT2D eigenvalue weighted by Gasteiger charge is -2.14. The summed E-state index contributed by atoms with van der Waals surface area (Å²) in [5, 5.41) is 0. The number of ketones is 1. The van der Waals surface area contributed by atoms with Gasteiger partial charge >= 0.3 is 0 Å². The zero-order valence-corrected chi connectivity index (χ0v) is 10.3. The molecule has 1 rings (SSSR count). The van der Waals surface area contributed by atoms with Crippen LogP contribution in [0.5, 0.6) is 11.5 Å². The summed E-state index contributed by atoms with van der Waals surface area (Å²) in [6.07, 6.45) is 0. The third-order valence-corrected chi connectivity index (χ3v) is 2.36. The van der Waals surface area contributed by atoms with Crippen molar-refractivity contribution in [2.45, 2.75) is 6.61 Å². The van der Waals surface area contributed by atoms with E-state index in [1.54, 1.807) is 19.2 Å². The van der Waals surface area contributed by atoms with E-state index in [1.807, 2.05) is 0 Å². The van der Waals surface area contributed by atoms with Gasteiger partial charge in [-0.05, 0) is 12.1 Å². The lowest BCUT2D eigenvalue weighted by Crippen LogP contribution is -2.15. The molecule has 0 spiro atoms. The van der Waals surface area contributed by atoms with Gasteiger partial charge in [-0.2, -0.15) is 0 Å². The Labute approximate surface area is 100 Å². The van der Waals surface area contributed by atoms with Crippen molar-refractivity contribution in [2.24, 2.45) is 5.73 Å². The summed E-state index contributed by atoms with van der Waals surface area (Å²) in [6, 6.07) is 3.39. The van der Waals surface area contributed by atoms with Crippen molar-refractivity contribution < 1.29 is 19.0 Å². The molecule has 0 fully saturated rings. The molecule has 1 aromatic rings. The topological polar surface area (TPSA) is 70.8 Å². The summed E-state index contributed by atoms with van der Waals surface area (Å²) in [4.78, 5) is 11.7. The van der Waals surface area contributed by atoms with Gasteiger partial charge in [-0.15, -0.1) is 0 Å². The molecule has 0 atom stereocenters. The van der Waals surface area contributed by atoms with Crippen LogP contribution in [0, 0.1) is 0 Å². The monoisotopic (exact) mass is 239 g/mol. The number of ether oxygens (including phenoxy) is 3. The lowest BCUT2D eigenvalue weighted by molar-refractivity contribution is 0.0997. The molecular formula is C12H17NO4. The zero-order valence-electron chi connectivity index (χ0n) is 10.3. The van der Waals surface area contributed by atoms with Crippen LogP contribution in [0.4, 0.5) is 0 Å². The Morgan fingerprint density at radius 2 is 1.94 bits per heavy atom. The first-order valence-electron chi connectivity index (χ1n) is 5.15. The largest absolute Gasteiger partial charge is 0.497 e. The molecule has 0 saturated heterocycles. The predicted octanol–water partition coefficient (Wildman–Crippen LogP) is 0.992. The van der Waals surface area contributed by atoms with E-state index in [2.05, 4.69) is 0 Å². The summed E-state index contributed by atoms with van der Waals surface area (Å²) < 4.78 is 15.4. The Morgan fingerprint density at radius 1 is 1.24 bits per heavy atom. The molecule has 17 heavy (non-hydrogen) atoms. The van der Waals surface area contributed by atoms with Crippen LogP contribution in [-0.2, 0) is 11.3 Å². The van der Waals surface area contributed by atoms with Gasteiger partial charge in [0.15, 0.2) is 5.78 Å². The first-order chi connectivity index (χ1) is 8.17. The molecule has 1 aromatic carbocycles. The molecule has 2 N–H and O–H groups in total. The highest BCUT2D eigenvalue weighted by Gasteiger charge is 2.17. The van der Waals surface area contributed by atoms with Gasteiger partial charge in [0.2, 0.25) is 0 Å². The number of hydrogen-bond donors (Lipinski definition) is 1. The predicted molar refractivity (Wildman–Crippen MR) is 63.6 cm³/mol. The molecule has 0 amide bonds. The molecule has 5 nitrogen and oxygen atoms in total. The van der Waals surface area contributed by atoms with Gasteiger partial charge in [-0.3, -0.25) is 4.79 Å². The fraction of sp³-hybridized carbons (Fsp3) is 0.417. The van der Waals surface area contributed by atoms with Crippen molar-refractivity contribution in [1.29, 1.82) is 0 Å². The molecule has 0 aliphatic carbocycles. The average molecular weight is 239 g/mol. The average Bonchev–Trinajstić information content (AvgIpc) is 2.37. The second-order valence-corrected chi connectivity index (χ2v) is 3.43. The van der Waals surface area contributed by atoms with E-state index in [0.29, 0.717) is 23.7 Å². The van der Waals surface area contributed by atoms with Gasteiger partial charge in [-0.1, -0.05) is 0 Å². The van der Waals surface area contributed by atoms with Crippen LogP contribution in [0.1, 0.15) is 15.9 Å². The molecule has 0 radical (unpaired) electrons. The van der Waals surface area contributed by atoms with Crippen LogP contribution in [0.3, 0.4) is 0 Å². The van der Waals surface area contributed by atoms with E-state index < -0.39 is 0 Å². The van der Waals surface area contributed by atoms with Crippen molar-refractivity contribution in [3.63, 3.8) is 0 Å². The molecule has 0 bridgehead atoms. The van der Waals surface area contributed by atoms with Crippen LogP contribution in [-0.4, -0.2) is 33.7 Å². The smallest absolute Gasteiger partial charge is 0.180 e. The second-order valence-electron chi connectivity index (χ2n) is 3.43. The number of rotatable bonds is 6. The number of Topliss-reactive ketones (excluding diaryl/α,β-unsaturated/α-hetero) is 1. The summed E-state index contributed by atoms with van der Waals surface area (Å²) in [5.41, 5.74) is 6.54. The fourth-order valence-corrected chi connectivity index (χ4v) is 1.60. The normalized spacial score (nSPS) is 10.1. The maximum Gasteiger partial charge on any atom is 0.180 e. The number of carbonyl (C=O) groups is 1. The molecule has 0 unspecified atom stereocenters. The van der Waals surface area contributed by atoms with E-state index in [0.717, 1.165) is 5.56 Å². The molecular weight excluding hydrogens is 222 g/mol. The molecule has 94 valence electrons. The molecule has 0 aromatic heterocycles. The SMILES string of the molecule is COCc1cc(OC)cc(C(=O)CN)c1OC. The van der Waals surface area contributed by atoms with Gasteiger partial charge in [0, 0.05) is 12.7 Å². The van der Waals surface area contributed by atoms with Gasteiger partial charge in [-0.25, -0.2) is 0 Å². The van der Waals surface area contributed by atoms with Crippen LogP contribution in [0.15, 0.2) is 12.1 Å². The lowest BCUT2D eigenvalue weighted by atomic mass is 10.0. The number of carbonyl (C=O) groups excluding carboxylic acids is 1. The maximum absolute atomic E-state index is 11.7. The molecule has 5 heteroatoms. The highest BCUT2D eigenvalue weighted by Crippen LogP contribution is 2.30. The quantitative estimate of drug-likeness (QED) is 0.750. The van der Waals surface area contributed by atoms with E-state index in [-0.39, 0.29) is 12.3 Å². The van der Waals surface area contributed by atoms with Crippen molar-refractivity contribution in [3.05, 3.63) is 23.3 Å². The first-order valence-corrected chi connectivity index (χ1v) is 5.15. The first kappa shape index (κ1) is 13.5. The standard InChI is InChI=1S/C12H17NO4/c1-15-7-8-4-9(16-2)5-10(11(14)6-13)12(8)17-3/h4-5H,6-7,13H2,1-3H3. The summed E-state index contributed by atoms with van der Waals surface area (Å²) in [6.45, 7) is 0.265. The van der Waals surface area contributed by atoms with E-state index in [1.165, 1.54) is 14.2 Å². The van der Waals surface area contributed by atoms with Crippen molar-refractivity contribution in [2.75, 3.05) is 27.9 Å². The Kier molecular flexibility index (Phi) is 4.93. The number of nitrogens with two attached hydrogens (primary N) is 1. The fourth-order valence-electron chi connectivity index (χ4n) is 1.60. The highest BCUT2D eigenvalue weighted by molar-refractivity contribution is 6.00. The molecule has 0 heterocycles. The third-order valence-electron chi connectivity index (χ3n) is 2.36. The van der Waals surface area contributed by atoms with Gasteiger partial charge in [0.05, 0.1) is 32.9 Å². The Hall–Kier alpha value is -1.59. The van der Waals surface area contributed by atoms with Crippen molar-refractivity contribution >= 4 is 5.78 Å². The van der Waals surface area contributed by atoms with Gasteiger partial charge < -0.3 is 19.9 Å². The number of methoxy groups -OCH3 is 3. The molecule has 0 aliphatic rings. The summed E-state index contributed by atoms with van der Waals surface area (Å²) in [7, 11) is 4.62. The Balaban J connectivity index is 3.33. The van der Waals surface area contributed by atoms with E-state index >= 15 is 0 Å². The van der Waals surface area contributed by atoms with Crippen LogP contribution in [0.25, 0.3) is 0 Å². The number of hydrogen-bond acceptors (Lipinski definition) is 5. The Bertz CT molecular complexity index is 404. The highest BCUT2D eigenvalue weighted by atomic mass is 16.5. The molecule has 0 aliphatic heterocycles. The minimum absolute atomic E-state index is 0.0735. The van der Waals surface area contributed by atoms with E-state index in [4.69, 9.17) is 19.9 Å². The van der Waals surface area contributed by atoms with Gasteiger partial charge in [0.25, 0.3) is 0 Å². The van der Waals surface area contributed by atoms with Crippen molar-refractivity contribution in [1.82, 2.24) is 0 Å². The second kappa shape index (κ2) is 6.22. The summed E-state index contributed by atoms with van der Waals surface area (Å²) >= 11 is 0. The van der Waals surface area contributed by atoms with Crippen LogP contribution < -0.4 is 15.2 Å². The minimum atomic E-state index is -0.196. The summed E-state index contributed by atoms with van der Waals surface area (Å²) in [5.74, 6) is 0.871. The molecule has 0 saturated carbocycles. The van der Waals surface area contributed by atoms with Crippen LogP contribution >= 0.6 is 0 Å².